The first-order chi connectivity index (χ1) is 10.0. The maximum absolute atomic E-state index is 12.5. The molecule has 0 aliphatic heterocycles. The summed E-state index contributed by atoms with van der Waals surface area (Å²) in [6.07, 6.45) is 0. The Labute approximate surface area is 131 Å². The number of rotatable bonds is 5. The summed E-state index contributed by atoms with van der Waals surface area (Å²) in [7, 11) is 0.244. The number of benzene rings is 2. The summed E-state index contributed by atoms with van der Waals surface area (Å²) in [6.45, 7) is 1.50. The van der Waals surface area contributed by atoms with Gasteiger partial charge in [-0.1, -0.05) is 23.7 Å². The lowest BCUT2D eigenvalue weighted by Crippen LogP contribution is -2.02. The molecule has 0 saturated heterocycles. The maximum Gasteiger partial charge on any atom is 0.159 e. The second-order valence-electron chi connectivity index (χ2n) is 4.50. The third-order valence-electron chi connectivity index (χ3n) is 3.06. The molecule has 3 nitrogen and oxygen atoms in total. The zero-order chi connectivity index (χ0) is 15.4. The highest BCUT2D eigenvalue weighted by Crippen LogP contribution is 2.26. The van der Waals surface area contributed by atoms with Gasteiger partial charge in [-0.3, -0.25) is 9.00 Å². The van der Waals surface area contributed by atoms with Crippen LogP contribution in [0, 0.1) is 0 Å². The molecule has 0 heterocycles. The molecule has 2 aromatic rings. The predicted octanol–water partition coefficient (Wildman–Crippen LogP) is 3.86. The van der Waals surface area contributed by atoms with Crippen molar-refractivity contribution in [2.24, 2.45) is 0 Å². The van der Waals surface area contributed by atoms with E-state index in [0.717, 1.165) is 5.56 Å². The minimum absolute atomic E-state index is 0.0394. The van der Waals surface area contributed by atoms with Gasteiger partial charge in [0.15, 0.2) is 5.78 Å². The molecule has 0 saturated carbocycles. The first kappa shape index (κ1) is 15.7. The number of methoxy groups -OCH3 is 1. The van der Waals surface area contributed by atoms with Crippen LogP contribution in [0.15, 0.2) is 47.4 Å². The molecule has 21 heavy (non-hydrogen) atoms. The quantitative estimate of drug-likeness (QED) is 0.785. The smallest absolute Gasteiger partial charge is 0.159 e. The van der Waals surface area contributed by atoms with E-state index in [1.807, 2.05) is 0 Å². The molecule has 1 atom stereocenters. The largest absolute Gasteiger partial charge is 0.496 e. The summed E-state index contributed by atoms with van der Waals surface area (Å²) in [5.41, 5.74) is 1.30. The predicted molar refractivity (Wildman–Crippen MR) is 84.6 cm³/mol. The van der Waals surface area contributed by atoms with Gasteiger partial charge >= 0.3 is 0 Å². The van der Waals surface area contributed by atoms with Gasteiger partial charge in [0.1, 0.15) is 5.75 Å². The molecule has 0 amide bonds. The molecule has 2 aromatic carbocycles. The summed E-state index contributed by atoms with van der Waals surface area (Å²) >= 11 is 6.06. The molecule has 0 radical (unpaired) electrons. The Kier molecular flexibility index (Phi) is 5.15. The van der Waals surface area contributed by atoms with E-state index in [9.17, 15) is 9.00 Å². The Balaban J connectivity index is 2.34. The van der Waals surface area contributed by atoms with Gasteiger partial charge in [0.2, 0.25) is 0 Å². The summed E-state index contributed by atoms with van der Waals surface area (Å²) in [6, 6.07) is 12.2. The van der Waals surface area contributed by atoms with Gasteiger partial charge in [-0.15, -0.1) is 0 Å². The van der Waals surface area contributed by atoms with Crippen molar-refractivity contribution >= 4 is 28.2 Å². The third kappa shape index (κ3) is 3.71. The van der Waals surface area contributed by atoms with Gasteiger partial charge in [0, 0.05) is 11.1 Å². The van der Waals surface area contributed by atoms with Gasteiger partial charge in [0.25, 0.3) is 0 Å². The van der Waals surface area contributed by atoms with Gasteiger partial charge in [-0.2, -0.15) is 0 Å². The number of halogens is 1. The highest BCUT2D eigenvalue weighted by molar-refractivity contribution is 7.84. The molecule has 0 N–H and O–H groups in total. The van der Waals surface area contributed by atoms with Crippen LogP contribution in [0.3, 0.4) is 0 Å². The van der Waals surface area contributed by atoms with Crippen molar-refractivity contribution in [2.45, 2.75) is 17.6 Å². The van der Waals surface area contributed by atoms with E-state index in [1.165, 1.54) is 6.92 Å². The lowest BCUT2D eigenvalue weighted by atomic mass is 10.1. The van der Waals surface area contributed by atoms with Crippen LogP contribution >= 0.6 is 11.6 Å². The number of ketones is 1. The number of ether oxygens (including phenoxy) is 1. The van der Waals surface area contributed by atoms with E-state index in [4.69, 9.17) is 16.3 Å². The van der Waals surface area contributed by atoms with Gasteiger partial charge < -0.3 is 4.74 Å². The lowest BCUT2D eigenvalue weighted by molar-refractivity contribution is 0.101. The average Bonchev–Trinajstić information content (AvgIpc) is 2.47. The van der Waals surface area contributed by atoms with Crippen LogP contribution in [0.1, 0.15) is 22.8 Å². The Morgan fingerprint density at radius 2 is 1.95 bits per heavy atom. The lowest BCUT2D eigenvalue weighted by Gasteiger charge is -2.10. The number of Topliss-reactive ketones (excluding diaryl/α,β-unsaturated/α-hetero) is 1. The second-order valence-corrected chi connectivity index (χ2v) is 6.33. The Morgan fingerprint density at radius 3 is 2.57 bits per heavy atom. The molecule has 0 spiro atoms. The molecule has 0 bridgehead atoms. The standard InChI is InChI=1S/C16H15ClO3S/c1-11(18)12-7-8-15(20-2)13(9-12)10-21(19)16-6-4-3-5-14(16)17/h3-9H,10H2,1-2H3. The molecule has 0 fully saturated rings. The highest BCUT2D eigenvalue weighted by Gasteiger charge is 2.13. The average molecular weight is 323 g/mol. The fourth-order valence-electron chi connectivity index (χ4n) is 1.96. The van der Waals surface area contributed by atoms with Crippen molar-refractivity contribution in [3.8, 4) is 5.75 Å². The van der Waals surface area contributed by atoms with Gasteiger partial charge in [-0.25, -0.2) is 0 Å². The zero-order valence-electron chi connectivity index (χ0n) is 11.8. The Bertz CT molecular complexity index is 698. The molecule has 2 rings (SSSR count). The normalized spacial score (nSPS) is 12.0. The van der Waals surface area contributed by atoms with Crippen LogP contribution in [0.5, 0.6) is 5.75 Å². The Morgan fingerprint density at radius 1 is 1.24 bits per heavy atom. The van der Waals surface area contributed by atoms with Crippen molar-refractivity contribution in [2.75, 3.05) is 7.11 Å². The van der Waals surface area contributed by atoms with Gasteiger partial charge in [-0.05, 0) is 37.3 Å². The number of hydrogen-bond donors (Lipinski definition) is 0. The Hall–Kier alpha value is -1.65. The van der Waals surface area contributed by atoms with Crippen LogP contribution in [-0.2, 0) is 16.6 Å². The van der Waals surface area contributed by atoms with Crippen molar-refractivity contribution in [1.82, 2.24) is 0 Å². The van der Waals surface area contributed by atoms with Crippen molar-refractivity contribution in [3.63, 3.8) is 0 Å². The number of carbonyl (C=O) groups is 1. The van der Waals surface area contributed by atoms with Crippen molar-refractivity contribution in [1.29, 1.82) is 0 Å². The topological polar surface area (TPSA) is 43.4 Å². The summed E-state index contributed by atoms with van der Waals surface area (Å²) in [4.78, 5) is 12.0. The molecular formula is C16H15ClO3S. The van der Waals surface area contributed by atoms with Crippen LogP contribution in [0.25, 0.3) is 0 Å². The number of carbonyl (C=O) groups excluding carboxylic acids is 1. The third-order valence-corrected chi connectivity index (χ3v) is 4.92. The maximum atomic E-state index is 12.5. The van der Waals surface area contributed by atoms with Crippen LogP contribution < -0.4 is 4.74 Å². The molecule has 110 valence electrons. The first-order valence-corrected chi connectivity index (χ1v) is 8.03. The van der Waals surface area contributed by atoms with E-state index >= 15 is 0 Å². The summed E-state index contributed by atoms with van der Waals surface area (Å²) in [5.74, 6) is 0.816. The summed E-state index contributed by atoms with van der Waals surface area (Å²) in [5, 5.41) is 0.470. The van der Waals surface area contributed by atoms with E-state index in [1.54, 1.807) is 49.6 Å². The molecule has 0 aromatic heterocycles. The molecule has 0 aliphatic carbocycles. The number of hydrogen-bond acceptors (Lipinski definition) is 3. The first-order valence-electron chi connectivity index (χ1n) is 6.33. The molecule has 5 heteroatoms. The van der Waals surface area contributed by atoms with Crippen molar-refractivity contribution < 1.29 is 13.7 Å². The molecule has 0 aliphatic rings. The second kappa shape index (κ2) is 6.87. The zero-order valence-corrected chi connectivity index (χ0v) is 13.3. The molecular weight excluding hydrogens is 308 g/mol. The van der Waals surface area contributed by atoms with Gasteiger partial charge in [0.05, 0.1) is 33.6 Å². The van der Waals surface area contributed by atoms with E-state index < -0.39 is 10.8 Å². The van der Waals surface area contributed by atoms with E-state index in [0.29, 0.717) is 21.2 Å². The van der Waals surface area contributed by atoms with Crippen LogP contribution in [0.2, 0.25) is 5.02 Å². The minimum atomic E-state index is -1.30. The SMILES string of the molecule is COc1ccc(C(C)=O)cc1CS(=O)c1ccccc1Cl. The highest BCUT2D eigenvalue weighted by atomic mass is 35.5. The molecule has 1 unspecified atom stereocenters. The van der Waals surface area contributed by atoms with E-state index in [2.05, 4.69) is 0 Å². The van der Waals surface area contributed by atoms with Crippen LogP contribution in [-0.4, -0.2) is 17.1 Å². The van der Waals surface area contributed by atoms with E-state index in [-0.39, 0.29) is 11.5 Å². The monoisotopic (exact) mass is 322 g/mol. The minimum Gasteiger partial charge on any atom is -0.496 e. The van der Waals surface area contributed by atoms with Crippen molar-refractivity contribution in [3.05, 3.63) is 58.6 Å². The fraction of sp³-hybridized carbons (Fsp3) is 0.188. The summed E-state index contributed by atoms with van der Waals surface area (Å²) < 4.78 is 17.7. The fourth-order valence-corrected chi connectivity index (χ4v) is 3.53. The van der Waals surface area contributed by atoms with Crippen LogP contribution in [0.4, 0.5) is 0 Å².